The Labute approximate surface area is 113 Å². The van der Waals surface area contributed by atoms with E-state index in [9.17, 15) is 5.11 Å². The summed E-state index contributed by atoms with van der Waals surface area (Å²) in [5.41, 5.74) is 1.93. The molecule has 5 heteroatoms. The van der Waals surface area contributed by atoms with Gasteiger partial charge in [-0.2, -0.15) is 5.10 Å². The molecule has 0 saturated carbocycles. The molecule has 0 fully saturated rings. The number of furan rings is 1. The average Bonchev–Trinajstić information content (AvgIpc) is 2.98. The molecule has 0 saturated heterocycles. The number of aromatic amines is 1. The van der Waals surface area contributed by atoms with Gasteiger partial charge in [0.1, 0.15) is 11.5 Å². The molecule has 2 rings (SSSR count). The van der Waals surface area contributed by atoms with Gasteiger partial charge in [0.15, 0.2) is 5.76 Å². The molecule has 5 nitrogen and oxygen atoms in total. The topological polar surface area (TPSA) is 74.1 Å². The number of H-pyrrole nitrogens is 1. The molecule has 1 unspecified atom stereocenters. The van der Waals surface area contributed by atoms with Crippen LogP contribution in [0.15, 0.2) is 22.7 Å². The molecule has 0 bridgehead atoms. The summed E-state index contributed by atoms with van der Waals surface area (Å²) >= 11 is 0. The normalized spacial score (nSPS) is 12.8. The zero-order chi connectivity index (χ0) is 13.7. The quantitative estimate of drug-likeness (QED) is 0.716. The number of aliphatic hydroxyl groups excluding tert-OH is 1. The van der Waals surface area contributed by atoms with Gasteiger partial charge in [0.05, 0.1) is 12.3 Å². The zero-order valence-electron chi connectivity index (χ0n) is 11.4. The zero-order valence-corrected chi connectivity index (χ0v) is 11.4. The van der Waals surface area contributed by atoms with Crippen molar-refractivity contribution >= 4 is 0 Å². The van der Waals surface area contributed by atoms with Gasteiger partial charge in [-0.05, 0) is 25.5 Å². The molecular weight excluding hydrogens is 242 g/mol. The molecule has 2 heterocycles. The van der Waals surface area contributed by atoms with Crippen LogP contribution in [0.25, 0.3) is 11.5 Å². The number of rotatable bonds is 7. The van der Waals surface area contributed by atoms with Crippen molar-refractivity contribution in [1.82, 2.24) is 15.5 Å². The van der Waals surface area contributed by atoms with Crippen molar-refractivity contribution in [2.75, 3.05) is 6.54 Å². The molecule has 0 aliphatic rings. The highest BCUT2D eigenvalue weighted by atomic mass is 16.3. The van der Waals surface area contributed by atoms with Crippen LogP contribution in [0.2, 0.25) is 0 Å². The summed E-state index contributed by atoms with van der Waals surface area (Å²) in [7, 11) is 0. The van der Waals surface area contributed by atoms with Crippen molar-refractivity contribution in [3.63, 3.8) is 0 Å². The average molecular weight is 263 g/mol. The fourth-order valence-electron chi connectivity index (χ4n) is 2.04. The van der Waals surface area contributed by atoms with E-state index in [1.54, 1.807) is 6.20 Å². The molecule has 104 valence electrons. The van der Waals surface area contributed by atoms with E-state index in [0.717, 1.165) is 35.6 Å². The van der Waals surface area contributed by atoms with E-state index in [-0.39, 0.29) is 6.10 Å². The molecule has 2 aromatic rings. The van der Waals surface area contributed by atoms with Crippen molar-refractivity contribution in [3.05, 3.63) is 29.7 Å². The molecule has 1 atom stereocenters. The Morgan fingerprint density at radius 1 is 1.47 bits per heavy atom. The van der Waals surface area contributed by atoms with E-state index in [4.69, 9.17) is 4.42 Å². The number of aliphatic hydroxyl groups is 1. The van der Waals surface area contributed by atoms with E-state index < -0.39 is 0 Å². The Morgan fingerprint density at radius 2 is 2.32 bits per heavy atom. The summed E-state index contributed by atoms with van der Waals surface area (Å²) in [6.45, 7) is 5.23. The van der Waals surface area contributed by atoms with Crippen molar-refractivity contribution in [2.45, 2.75) is 39.3 Å². The number of hydrogen-bond donors (Lipinski definition) is 3. The highest BCUT2D eigenvalue weighted by molar-refractivity contribution is 5.56. The minimum Gasteiger partial charge on any atom is -0.460 e. The van der Waals surface area contributed by atoms with Crippen LogP contribution in [0.4, 0.5) is 0 Å². The van der Waals surface area contributed by atoms with Gasteiger partial charge < -0.3 is 14.8 Å². The van der Waals surface area contributed by atoms with E-state index in [2.05, 4.69) is 22.4 Å². The van der Waals surface area contributed by atoms with Gasteiger partial charge in [-0.3, -0.25) is 5.10 Å². The third kappa shape index (κ3) is 3.68. The summed E-state index contributed by atoms with van der Waals surface area (Å²) in [5.74, 6) is 1.67. The van der Waals surface area contributed by atoms with Crippen LogP contribution >= 0.6 is 0 Å². The van der Waals surface area contributed by atoms with Crippen molar-refractivity contribution < 1.29 is 9.52 Å². The first-order chi connectivity index (χ1) is 9.20. The van der Waals surface area contributed by atoms with Crippen LogP contribution in [0.3, 0.4) is 0 Å². The fraction of sp³-hybridized carbons (Fsp3) is 0.500. The highest BCUT2D eigenvalue weighted by Crippen LogP contribution is 2.23. The summed E-state index contributed by atoms with van der Waals surface area (Å²) < 4.78 is 5.59. The minimum absolute atomic E-state index is 0.286. The van der Waals surface area contributed by atoms with Crippen molar-refractivity contribution in [1.29, 1.82) is 0 Å². The van der Waals surface area contributed by atoms with Gasteiger partial charge in [0.25, 0.3) is 0 Å². The van der Waals surface area contributed by atoms with E-state index in [0.29, 0.717) is 13.1 Å². The first kappa shape index (κ1) is 13.8. The SMILES string of the molecule is CCCC(O)CNCc1cn[nH]c1-c1ccc(C)o1. The lowest BCUT2D eigenvalue weighted by Gasteiger charge is -2.10. The van der Waals surface area contributed by atoms with E-state index >= 15 is 0 Å². The predicted octanol–water partition coefficient (Wildman–Crippen LogP) is 2.23. The third-order valence-electron chi connectivity index (χ3n) is 3.02. The molecule has 0 radical (unpaired) electrons. The summed E-state index contributed by atoms with van der Waals surface area (Å²) in [6, 6.07) is 3.86. The lowest BCUT2D eigenvalue weighted by atomic mass is 10.2. The molecule has 0 aromatic carbocycles. The maximum absolute atomic E-state index is 9.66. The Kier molecular flexibility index (Phi) is 4.76. The van der Waals surface area contributed by atoms with E-state index in [1.807, 2.05) is 19.1 Å². The van der Waals surface area contributed by atoms with Crippen molar-refractivity contribution in [3.8, 4) is 11.5 Å². The maximum atomic E-state index is 9.66. The van der Waals surface area contributed by atoms with Crippen LogP contribution in [-0.4, -0.2) is 28.0 Å². The molecule has 0 amide bonds. The van der Waals surface area contributed by atoms with Gasteiger partial charge in [0.2, 0.25) is 0 Å². The summed E-state index contributed by atoms with van der Waals surface area (Å²) in [5, 5.41) is 19.9. The molecule has 0 aliphatic heterocycles. The molecule has 0 aliphatic carbocycles. The van der Waals surface area contributed by atoms with Gasteiger partial charge in [-0.15, -0.1) is 0 Å². The monoisotopic (exact) mass is 263 g/mol. The number of nitrogens with one attached hydrogen (secondary N) is 2. The Morgan fingerprint density at radius 3 is 3.00 bits per heavy atom. The smallest absolute Gasteiger partial charge is 0.152 e. The molecule has 19 heavy (non-hydrogen) atoms. The number of aryl methyl sites for hydroxylation is 1. The molecule has 3 N–H and O–H groups in total. The first-order valence-corrected chi connectivity index (χ1v) is 6.68. The van der Waals surface area contributed by atoms with Crippen LogP contribution in [-0.2, 0) is 6.54 Å². The van der Waals surface area contributed by atoms with Gasteiger partial charge in [-0.1, -0.05) is 13.3 Å². The van der Waals surface area contributed by atoms with Crippen LogP contribution in [0.5, 0.6) is 0 Å². The van der Waals surface area contributed by atoms with Crippen molar-refractivity contribution in [2.24, 2.45) is 0 Å². The third-order valence-corrected chi connectivity index (χ3v) is 3.02. The van der Waals surface area contributed by atoms with Gasteiger partial charge >= 0.3 is 0 Å². The minimum atomic E-state index is -0.286. The number of nitrogens with zero attached hydrogens (tertiary/aromatic N) is 1. The second kappa shape index (κ2) is 6.54. The molecular formula is C14H21N3O2. The van der Waals surface area contributed by atoms with Gasteiger partial charge in [-0.25, -0.2) is 0 Å². The lowest BCUT2D eigenvalue weighted by molar-refractivity contribution is 0.160. The van der Waals surface area contributed by atoms with Crippen LogP contribution < -0.4 is 5.32 Å². The summed E-state index contributed by atoms with van der Waals surface area (Å²) in [4.78, 5) is 0. The standard InChI is InChI=1S/C14H21N3O2/c1-3-4-12(18)9-15-7-11-8-16-17-14(11)13-6-5-10(2)19-13/h5-6,8,12,15,18H,3-4,7,9H2,1-2H3,(H,16,17). The first-order valence-electron chi connectivity index (χ1n) is 6.68. The Hall–Kier alpha value is -1.59. The summed E-state index contributed by atoms with van der Waals surface area (Å²) in [6.07, 6.45) is 3.31. The second-order valence-corrected chi connectivity index (χ2v) is 4.75. The maximum Gasteiger partial charge on any atom is 0.152 e. The number of aromatic nitrogens is 2. The lowest BCUT2D eigenvalue weighted by Crippen LogP contribution is -2.26. The van der Waals surface area contributed by atoms with Gasteiger partial charge in [0, 0.05) is 18.7 Å². The Bertz CT molecular complexity index is 504. The molecule has 2 aromatic heterocycles. The van der Waals surface area contributed by atoms with E-state index in [1.165, 1.54) is 0 Å². The van der Waals surface area contributed by atoms with Crippen LogP contribution in [0.1, 0.15) is 31.1 Å². The second-order valence-electron chi connectivity index (χ2n) is 4.75. The fourth-order valence-corrected chi connectivity index (χ4v) is 2.04. The predicted molar refractivity (Wildman–Crippen MR) is 73.6 cm³/mol. The Balaban J connectivity index is 1.93. The number of hydrogen-bond acceptors (Lipinski definition) is 4. The highest BCUT2D eigenvalue weighted by Gasteiger charge is 2.11. The largest absolute Gasteiger partial charge is 0.460 e. The van der Waals surface area contributed by atoms with Crippen LogP contribution in [0, 0.1) is 6.92 Å². The molecule has 0 spiro atoms.